The lowest BCUT2D eigenvalue weighted by Crippen LogP contribution is -2.52. The molecule has 7 heteroatoms. The molecule has 0 aromatic heterocycles. The van der Waals surface area contributed by atoms with Gasteiger partial charge in [0.1, 0.15) is 6.04 Å². The van der Waals surface area contributed by atoms with E-state index >= 15 is 0 Å². The number of hydrogen-bond acceptors (Lipinski definition) is 3. The van der Waals surface area contributed by atoms with Crippen molar-refractivity contribution in [1.29, 1.82) is 0 Å². The van der Waals surface area contributed by atoms with E-state index in [1.807, 2.05) is 0 Å². The molecule has 3 amide bonds. The second kappa shape index (κ2) is 7.28. The summed E-state index contributed by atoms with van der Waals surface area (Å²) in [6.45, 7) is 5.53. The van der Waals surface area contributed by atoms with Gasteiger partial charge in [0.05, 0.1) is 6.42 Å². The molecular formula is C14H25N3O4. The maximum atomic E-state index is 12.1. The molecule has 0 aromatic rings. The fraction of sp³-hybridized carbons (Fsp3) is 0.786. The van der Waals surface area contributed by atoms with Crippen molar-refractivity contribution >= 4 is 17.9 Å². The number of hydrogen-bond donors (Lipinski definition) is 3. The number of aliphatic carboxylic acids is 1. The molecule has 0 unspecified atom stereocenters. The predicted octanol–water partition coefficient (Wildman–Crippen LogP) is 0.927. The quantitative estimate of drug-likeness (QED) is 0.677. The van der Waals surface area contributed by atoms with Gasteiger partial charge in [-0.1, -0.05) is 26.7 Å². The zero-order valence-electron chi connectivity index (χ0n) is 12.7. The summed E-state index contributed by atoms with van der Waals surface area (Å²) in [6, 6.07) is -1.71. The van der Waals surface area contributed by atoms with Crippen LogP contribution >= 0.6 is 0 Å². The molecule has 7 nitrogen and oxygen atoms in total. The van der Waals surface area contributed by atoms with Crippen molar-refractivity contribution in [2.45, 2.75) is 52.0 Å². The monoisotopic (exact) mass is 299 g/mol. The Labute approximate surface area is 124 Å². The topological polar surface area (TPSA) is 113 Å². The van der Waals surface area contributed by atoms with Crippen LogP contribution in [0.4, 0.5) is 4.79 Å². The average Bonchev–Trinajstić information content (AvgIpc) is 2.46. The molecule has 1 atom stereocenters. The largest absolute Gasteiger partial charge is 0.480 e. The van der Waals surface area contributed by atoms with Gasteiger partial charge in [0, 0.05) is 13.1 Å². The van der Waals surface area contributed by atoms with Crippen molar-refractivity contribution in [1.82, 2.24) is 10.2 Å². The molecule has 1 aliphatic rings. The molecule has 0 radical (unpaired) electrons. The Hall–Kier alpha value is -1.79. The molecular weight excluding hydrogens is 274 g/mol. The van der Waals surface area contributed by atoms with Crippen LogP contribution in [0.3, 0.4) is 0 Å². The first-order valence-corrected chi connectivity index (χ1v) is 7.40. The van der Waals surface area contributed by atoms with E-state index in [1.54, 1.807) is 4.90 Å². The number of nitrogens with zero attached hydrogens (tertiary/aromatic N) is 1. The number of carboxylic acids is 1. The predicted molar refractivity (Wildman–Crippen MR) is 77.6 cm³/mol. The Kier molecular flexibility index (Phi) is 5.99. The lowest BCUT2D eigenvalue weighted by molar-refractivity contribution is -0.141. The Morgan fingerprint density at radius 1 is 1.24 bits per heavy atom. The Bertz CT molecular complexity index is 397. The van der Waals surface area contributed by atoms with Gasteiger partial charge < -0.3 is 21.1 Å². The number of nitrogens with two attached hydrogens (primary N) is 1. The first-order chi connectivity index (χ1) is 9.83. The van der Waals surface area contributed by atoms with Crippen LogP contribution in [0.2, 0.25) is 0 Å². The number of carbonyl (C=O) groups is 3. The van der Waals surface area contributed by atoms with E-state index in [1.165, 1.54) is 0 Å². The minimum Gasteiger partial charge on any atom is -0.480 e. The summed E-state index contributed by atoms with van der Waals surface area (Å²) in [7, 11) is 0. The molecule has 1 heterocycles. The third-order valence-electron chi connectivity index (χ3n) is 4.61. The highest BCUT2D eigenvalue weighted by atomic mass is 16.4. The summed E-state index contributed by atoms with van der Waals surface area (Å²) in [6.07, 6.45) is 3.60. The smallest absolute Gasteiger partial charge is 0.326 e. The van der Waals surface area contributed by atoms with Gasteiger partial charge in [0.25, 0.3) is 0 Å². The number of rotatable bonds is 6. The van der Waals surface area contributed by atoms with Gasteiger partial charge >= 0.3 is 12.0 Å². The molecule has 1 saturated heterocycles. The first-order valence-electron chi connectivity index (χ1n) is 7.40. The van der Waals surface area contributed by atoms with Crippen LogP contribution < -0.4 is 11.1 Å². The Balaban J connectivity index is 2.57. The van der Waals surface area contributed by atoms with Gasteiger partial charge in [0.2, 0.25) is 5.91 Å². The van der Waals surface area contributed by atoms with Crippen molar-refractivity contribution in [2.24, 2.45) is 11.1 Å². The van der Waals surface area contributed by atoms with Crippen molar-refractivity contribution in [3.63, 3.8) is 0 Å². The van der Waals surface area contributed by atoms with Crippen molar-refractivity contribution in [2.75, 3.05) is 13.1 Å². The number of urea groups is 1. The zero-order valence-corrected chi connectivity index (χ0v) is 12.7. The lowest BCUT2D eigenvalue weighted by Gasteiger charge is -2.41. The number of carbonyl (C=O) groups excluding carboxylic acids is 2. The highest BCUT2D eigenvalue weighted by molar-refractivity contribution is 5.87. The third kappa shape index (κ3) is 4.61. The summed E-state index contributed by atoms with van der Waals surface area (Å²) in [5.74, 6) is -2.01. The number of likely N-dealkylation sites (tertiary alicyclic amines) is 1. The third-order valence-corrected chi connectivity index (χ3v) is 4.61. The molecule has 0 spiro atoms. The van der Waals surface area contributed by atoms with Gasteiger partial charge in [-0.25, -0.2) is 9.59 Å². The second-order valence-electron chi connectivity index (χ2n) is 5.70. The fourth-order valence-corrected chi connectivity index (χ4v) is 2.78. The van der Waals surface area contributed by atoms with Crippen LogP contribution in [-0.2, 0) is 9.59 Å². The Morgan fingerprint density at radius 3 is 2.14 bits per heavy atom. The van der Waals surface area contributed by atoms with Crippen molar-refractivity contribution < 1.29 is 19.5 Å². The highest BCUT2D eigenvalue weighted by Crippen LogP contribution is 2.37. The van der Waals surface area contributed by atoms with E-state index < -0.39 is 30.4 Å². The van der Waals surface area contributed by atoms with E-state index in [2.05, 4.69) is 19.2 Å². The van der Waals surface area contributed by atoms with Gasteiger partial charge in [-0.15, -0.1) is 0 Å². The number of amides is 3. The van der Waals surface area contributed by atoms with Crippen LogP contribution in [0.25, 0.3) is 0 Å². The number of primary amides is 1. The fourth-order valence-electron chi connectivity index (χ4n) is 2.78. The maximum Gasteiger partial charge on any atom is 0.326 e. The number of nitrogens with one attached hydrogen (secondary N) is 1. The zero-order chi connectivity index (χ0) is 16.0. The normalized spacial score (nSPS) is 18.9. The van der Waals surface area contributed by atoms with E-state index in [-0.39, 0.29) is 5.41 Å². The molecule has 21 heavy (non-hydrogen) atoms. The number of carboxylic acid groups (broad SMARTS) is 1. The molecule has 1 aliphatic heterocycles. The van der Waals surface area contributed by atoms with Gasteiger partial charge in [-0.05, 0) is 18.3 Å². The van der Waals surface area contributed by atoms with E-state index in [9.17, 15) is 14.4 Å². The summed E-state index contributed by atoms with van der Waals surface area (Å²) < 4.78 is 0. The minimum absolute atomic E-state index is 0.288. The summed E-state index contributed by atoms with van der Waals surface area (Å²) in [5, 5.41) is 11.4. The molecule has 1 fully saturated rings. The lowest BCUT2D eigenvalue weighted by atomic mass is 9.74. The first kappa shape index (κ1) is 17.3. The Morgan fingerprint density at radius 2 is 1.76 bits per heavy atom. The highest BCUT2D eigenvalue weighted by Gasteiger charge is 2.34. The second-order valence-corrected chi connectivity index (χ2v) is 5.70. The summed E-state index contributed by atoms with van der Waals surface area (Å²) >= 11 is 0. The van der Waals surface area contributed by atoms with E-state index in [0.29, 0.717) is 13.1 Å². The van der Waals surface area contributed by atoms with E-state index in [0.717, 1.165) is 25.7 Å². The molecule has 0 bridgehead atoms. The van der Waals surface area contributed by atoms with E-state index in [4.69, 9.17) is 10.8 Å². The van der Waals surface area contributed by atoms with Crippen molar-refractivity contribution in [3.8, 4) is 0 Å². The molecule has 120 valence electrons. The standard InChI is InChI=1S/C14H25N3O4/c1-3-14(4-2)5-7-17(8-6-14)13(21)16-10(12(19)20)9-11(15)18/h10H,3-9H2,1-2H3,(H2,15,18)(H,16,21)(H,19,20)/t10-/m0/s1. The van der Waals surface area contributed by atoms with Gasteiger partial charge in [0.15, 0.2) is 0 Å². The maximum absolute atomic E-state index is 12.1. The molecule has 4 N–H and O–H groups in total. The number of piperidine rings is 1. The van der Waals surface area contributed by atoms with Crippen LogP contribution in [-0.4, -0.2) is 47.0 Å². The molecule has 0 aliphatic carbocycles. The minimum atomic E-state index is -1.26. The SMILES string of the molecule is CCC1(CC)CCN(C(=O)N[C@@H](CC(N)=O)C(=O)O)CC1. The molecule has 0 saturated carbocycles. The van der Waals surface area contributed by atoms with Crippen LogP contribution in [0.15, 0.2) is 0 Å². The van der Waals surface area contributed by atoms with Gasteiger partial charge in [-0.2, -0.15) is 0 Å². The molecule has 1 rings (SSSR count). The summed E-state index contributed by atoms with van der Waals surface area (Å²) in [5.41, 5.74) is 5.28. The van der Waals surface area contributed by atoms with Crippen LogP contribution in [0.5, 0.6) is 0 Å². The summed E-state index contributed by atoms with van der Waals surface area (Å²) in [4.78, 5) is 35.5. The van der Waals surface area contributed by atoms with Crippen molar-refractivity contribution in [3.05, 3.63) is 0 Å². The van der Waals surface area contributed by atoms with Crippen LogP contribution in [0, 0.1) is 5.41 Å². The van der Waals surface area contributed by atoms with Gasteiger partial charge in [-0.3, -0.25) is 4.79 Å². The average molecular weight is 299 g/mol. The van der Waals surface area contributed by atoms with Crippen LogP contribution in [0.1, 0.15) is 46.0 Å². The molecule has 0 aromatic carbocycles.